The van der Waals surface area contributed by atoms with Gasteiger partial charge in [0.25, 0.3) is 11.6 Å². The van der Waals surface area contributed by atoms with Crippen molar-refractivity contribution < 1.29 is 17.7 Å². The molecule has 2 aromatic heterocycles. The lowest BCUT2D eigenvalue weighted by Crippen LogP contribution is -2.42. The molecule has 1 saturated carbocycles. The number of nitrogens with zero attached hydrogens (tertiary/aromatic N) is 3. The SMILES string of the molecule is CCCCN(C(=O)c1cc(C2CC2)nc2onc(-c3ccccc3)c12)C1CCS(=O)(=O)C1. The van der Waals surface area contributed by atoms with Gasteiger partial charge < -0.3 is 9.42 Å². The smallest absolute Gasteiger partial charge is 0.259 e. The number of rotatable bonds is 7. The molecule has 8 heteroatoms. The van der Waals surface area contributed by atoms with Crippen molar-refractivity contribution in [1.29, 1.82) is 0 Å². The third kappa shape index (κ3) is 4.03. The Labute approximate surface area is 187 Å². The fraction of sp³-hybridized carbons (Fsp3) is 0.458. The summed E-state index contributed by atoms with van der Waals surface area (Å²) >= 11 is 0. The third-order valence-electron chi connectivity index (χ3n) is 6.40. The van der Waals surface area contributed by atoms with Crippen molar-refractivity contribution in [2.24, 2.45) is 0 Å². The van der Waals surface area contributed by atoms with Gasteiger partial charge in [0.05, 0.1) is 22.5 Å². The van der Waals surface area contributed by atoms with E-state index in [1.54, 1.807) is 4.90 Å². The Bertz CT molecular complexity index is 1250. The van der Waals surface area contributed by atoms with Crippen LogP contribution < -0.4 is 0 Å². The number of aromatic nitrogens is 2. The fourth-order valence-corrected chi connectivity index (χ4v) is 6.21. The standard InChI is InChI=1S/C24H27N3O4S/c1-2-3-12-27(18-11-13-32(29,30)15-18)24(28)19-14-20(16-9-10-16)25-23-21(19)22(26-31-23)17-7-5-4-6-8-17/h4-8,14,16,18H,2-3,9-13,15H2,1H3. The molecule has 1 atom stereocenters. The van der Waals surface area contributed by atoms with Crippen LogP contribution in [0.5, 0.6) is 0 Å². The topological polar surface area (TPSA) is 93.4 Å². The number of carbonyl (C=O) groups excluding carboxylic acids is 1. The van der Waals surface area contributed by atoms with Crippen molar-refractivity contribution in [1.82, 2.24) is 15.0 Å². The lowest BCUT2D eigenvalue weighted by molar-refractivity contribution is 0.0696. The zero-order valence-electron chi connectivity index (χ0n) is 18.2. The highest BCUT2D eigenvalue weighted by atomic mass is 32.2. The van der Waals surface area contributed by atoms with E-state index in [1.807, 2.05) is 36.4 Å². The number of hydrogen-bond donors (Lipinski definition) is 0. The molecule has 2 aliphatic rings. The van der Waals surface area contributed by atoms with Gasteiger partial charge in [-0.2, -0.15) is 0 Å². The summed E-state index contributed by atoms with van der Waals surface area (Å²) in [4.78, 5) is 20.4. The molecular formula is C24H27N3O4S. The first-order chi connectivity index (χ1) is 15.5. The maximum absolute atomic E-state index is 14.0. The second-order valence-corrected chi connectivity index (χ2v) is 11.1. The molecule has 1 aromatic carbocycles. The maximum Gasteiger partial charge on any atom is 0.259 e. The van der Waals surface area contributed by atoms with E-state index in [1.165, 1.54) is 0 Å². The van der Waals surface area contributed by atoms with E-state index in [-0.39, 0.29) is 23.5 Å². The van der Waals surface area contributed by atoms with Crippen LogP contribution in [0.25, 0.3) is 22.4 Å². The highest BCUT2D eigenvalue weighted by molar-refractivity contribution is 7.91. The highest BCUT2D eigenvalue weighted by Crippen LogP contribution is 2.41. The van der Waals surface area contributed by atoms with Crippen LogP contribution >= 0.6 is 0 Å². The molecule has 32 heavy (non-hydrogen) atoms. The van der Waals surface area contributed by atoms with Crippen molar-refractivity contribution in [2.45, 2.75) is 51.0 Å². The van der Waals surface area contributed by atoms with Gasteiger partial charge >= 0.3 is 0 Å². The minimum absolute atomic E-state index is 0.0291. The molecule has 168 valence electrons. The average molecular weight is 454 g/mol. The zero-order valence-corrected chi connectivity index (χ0v) is 19.0. The third-order valence-corrected chi connectivity index (χ3v) is 8.15. The zero-order chi connectivity index (χ0) is 22.3. The van der Waals surface area contributed by atoms with Crippen LogP contribution in [0, 0.1) is 0 Å². The summed E-state index contributed by atoms with van der Waals surface area (Å²) in [5, 5.41) is 4.87. The predicted molar refractivity (Wildman–Crippen MR) is 122 cm³/mol. The predicted octanol–water partition coefficient (Wildman–Crippen LogP) is 4.20. The van der Waals surface area contributed by atoms with Crippen LogP contribution in [0.3, 0.4) is 0 Å². The first-order valence-corrected chi connectivity index (χ1v) is 13.2. The van der Waals surface area contributed by atoms with E-state index in [9.17, 15) is 13.2 Å². The van der Waals surface area contributed by atoms with E-state index in [4.69, 9.17) is 4.52 Å². The van der Waals surface area contributed by atoms with Gasteiger partial charge in [0.1, 0.15) is 5.69 Å². The van der Waals surface area contributed by atoms with Crippen molar-refractivity contribution in [3.63, 3.8) is 0 Å². The van der Waals surface area contributed by atoms with Crippen LogP contribution in [0.1, 0.15) is 61.0 Å². The fourth-order valence-electron chi connectivity index (χ4n) is 4.47. The molecule has 0 N–H and O–H groups in total. The quantitative estimate of drug-likeness (QED) is 0.532. The molecule has 1 unspecified atom stereocenters. The largest absolute Gasteiger partial charge is 0.335 e. The maximum atomic E-state index is 14.0. The second kappa shape index (κ2) is 8.31. The highest BCUT2D eigenvalue weighted by Gasteiger charge is 2.37. The molecule has 0 radical (unpaired) electrons. The first kappa shape index (κ1) is 21.1. The Balaban J connectivity index is 1.63. The van der Waals surface area contributed by atoms with E-state index in [2.05, 4.69) is 17.1 Å². The van der Waals surface area contributed by atoms with Crippen LogP contribution in [0.4, 0.5) is 0 Å². The van der Waals surface area contributed by atoms with Gasteiger partial charge in [0, 0.05) is 29.8 Å². The van der Waals surface area contributed by atoms with E-state index < -0.39 is 9.84 Å². The lowest BCUT2D eigenvalue weighted by Gasteiger charge is -2.28. The Hall–Kier alpha value is -2.74. The average Bonchev–Trinajstić information content (AvgIpc) is 3.46. The summed E-state index contributed by atoms with van der Waals surface area (Å²) in [5.41, 5.74) is 3.17. The van der Waals surface area contributed by atoms with Gasteiger partial charge in [0.15, 0.2) is 9.84 Å². The molecule has 1 aliphatic heterocycles. The van der Waals surface area contributed by atoms with Crippen molar-refractivity contribution >= 4 is 26.8 Å². The molecule has 1 aliphatic carbocycles. The summed E-state index contributed by atoms with van der Waals surface area (Å²) in [7, 11) is -3.11. The number of carbonyl (C=O) groups is 1. The molecule has 3 heterocycles. The summed E-state index contributed by atoms with van der Waals surface area (Å²) in [6.07, 6.45) is 4.32. The summed E-state index contributed by atoms with van der Waals surface area (Å²) in [6.45, 7) is 2.60. The molecule has 3 aromatic rings. The number of unbranched alkanes of at least 4 members (excludes halogenated alkanes) is 1. The van der Waals surface area contributed by atoms with E-state index in [0.29, 0.717) is 41.2 Å². The molecule has 1 amide bonds. The Morgan fingerprint density at radius 3 is 2.62 bits per heavy atom. The van der Waals surface area contributed by atoms with E-state index >= 15 is 0 Å². The molecular weight excluding hydrogens is 426 g/mol. The lowest BCUT2D eigenvalue weighted by atomic mass is 10.0. The van der Waals surface area contributed by atoms with Gasteiger partial charge in [0.2, 0.25) is 0 Å². The van der Waals surface area contributed by atoms with Crippen LogP contribution in [-0.4, -0.2) is 53.5 Å². The molecule has 7 nitrogen and oxygen atoms in total. The molecule has 2 fully saturated rings. The van der Waals surface area contributed by atoms with Gasteiger partial charge in [-0.3, -0.25) is 4.79 Å². The summed E-state index contributed by atoms with van der Waals surface area (Å²) in [6, 6.07) is 11.2. The number of benzene rings is 1. The number of amides is 1. The van der Waals surface area contributed by atoms with Crippen LogP contribution in [0.15, 0.2) is 40.9 Å². The van der Waals surface area contributed by atoms with Gasteiger partial charge in [-0.1, -0.05) is 48.8 Å². The molecule has 0 spiro atoms. The van der Waals surface area contributed by atoms with E-state index in [0.717, 1.165) is 36.9 Å². The van der Waals surface area contributed by atoms with Gasteiger partial charge in [-0.25, -0.2) is 13.4 Å². The molecule has 0 bridgehead atoms. The second-order valence-electron chi connectivity index (χ2n) is 8.86. The van der Waals surface area contributed by atoms with Crippen LogP contribution in [-0.2, 0) is 9.84 Å². The minimum atomic E-state index is -3.11. The van der Waals surface area contributed by atoms with Crippen LogP contribution in [0.2, 0.25) is 0 Å². The van der Waals surface area contributed by atoms with Crippen molar-refractivity contribution in [2.75, 3.05) is 18.1 Å². The first-order valence-electron chi connectivity index (χ1n) is 11.3. The Kier molecular flexibility index (Phi) is 5.49. The number of hydrogen-bond acceptors (Lipinski definition) is 6. The molecule has 5 rings (SSSR count). The summed E-state index contributed by atoms with van der Waals surface area (Å²) < 4.78 is 29.9. The normalized spacial score (nSPS) is 20.0. The van der Waals surface area contributed by atoms with Gasteiger partial charge in [-0.15, -0.1) is 0 Å². The minimum Gasteiger partial charge on any atom is -0.335 e. The summed E-state index contributed by atoms with van der Waals surface area (Å²) in [5.74, 6) is 0.346. The number of sulfone groups is 1. The number of pyridine rings is 1. The Morgan fingerprint density at radius 1 is 1.19 bits per heavy atom. The molecule has 1 saturated heterocycles. The van der Waals surface area contributed by atoms with Gasteiger partial charge in [-0.05, 0) is 31.7 Å². The van der Waals surface area contributed by atoms with Crippen molar-refractivity contribution in [3.8, 4) is 11.3 Å². The van der Waals surface area contributed by atoms with Crippen molar-refractivity contribution in [3.05, 3.63) is 47.7 Å². The number of fused-ring (bicyclic) bond motifs is 1. The Morgan fingerprint density at radius 2 is 1.97 bits per heavy atom. The monoisotopic (exact) mass is 453 g/mol.